The van der Waals surface area contributed by atoms with E-state index in [1.54, 1.807) is 0 Å². The van der Waals surface area contributed by atoms with E-state index in [1.807, 2.05) is 0 Å². The van der Waals surface area contributed by atoms with Crippen LogP contribution < -0.4 is 0 Å². The van der Waals surface area contributed by atoms with Crippen molar-refractivity contribution < 1.29 is 509 Å². The van der Waals surface area contributed by atoms with Crippen molar-refractivity contribution in [1.82, 2.24) is 0 Å². The summed E-state index contributed by atoms with van der Waals surface area (Å²) in [5.74, 6) is 0. The van der Waals surface area contributed by atoms with Crippen molar-refractivity contribution in [2.75, 3.05) is 0 Å². The van der Waals surface area contributed by atoms with Crippen LogP contribution in [0.25, 0.3) is 0 Å². The SMILES string of the molecule is P.P.P.P.P.P.P.P.[CH-]=O.[CH-]=O.[CH-]=O.[CH-]=O.[CH-]=O.[CH-]=O.[CH-]=O.[CH-]=O.[CH-]=O.[CH-]=O.[CH-]=O.[CH-]=O.[CH-]=O.[CH-]=O.[CH-]=O.[CH-]=O.[CH-]=O.[CH-]=O.[CH-]=O.[CH-]=O.[CH-]=O.[CH-]=O.[CH-]=O.[CH-]=O.[CH-]=O.[CH-]=O.[CH-]=O.[CH-]=O.[CH-]=O.[CH-]=O.[CH-]=O.[CH-]=O.[CH-]=O.[CH-]=O.[CH-]=O.[CH-]=O.[CH-]=O.[CH-]=O.[CH-]=O.[CH3-].[Ir+3].[Ir+3].[Ir+3].[Ir+3].[Ir+3].[Ir+3].[Ir+3].[Ir+3].[Ir].[Ir].[Ir].[Ir].[Ir].[Ir].[Ir].[Ir]. The second kappa shape index (κ2) is 1160000. The maximum absolute atomic E-state index is 7.75. The van der Waals surface area contributed by atoms with Gasteiger partial charge in [0.05, 0.1) is 0 Å². The first-order valence-corrected chi connectivity index (χ1v) is 9.19. The fourth-order valence-electron chi connectivity index (χ4n) is 0. The van der Waals surface area contributed by atoms with Gasteiger partial charge in [-0.2, -0.15) is 79.2 Å². The number of carbonyl (C=O) groups excluding carboxylic acids is 39. The molecule has 0 N–H and O–H groups in total. The van der Waals surface area contributed by atoms with Crippen LogP contribution >= 0.6 is 79.2 Å². The molecule has 8 atom stereocenters. The Morgan fingerprint density at radius 1 is 0.0680 bits per heavy atom. The molecule has 0 aromatic heterocycles. The Kier molecular flexibility index (Phi) is 7790000. The maximum atomic E-state index is 7.75. The molecule has 0 aliphatic carbocycles. The summed E-state index contributed by atoms with van der Waals surface area (Å²) < 4.78 is 0. The van der Waals surface area contributed by atoms with Gasteiger partial charge in [0.2, 0.25) is 0 Å². The minimum atomic E-state index is 0. The summed E-state index contributed by atoms with van der Waals surface area (Å²) in [6.45, 7) is 127. The molecular weight excluding hydrogens is 4430 g/mol. The van der Waals surface area contributed by atoms with Crippen LogP contribution in [-0.2, 0) is 509 Å². The van der Waals surface area contributed by atoms with Crippen LogP contribution in [0.1, 0.15) is 0 Å². The quantitative estimate of drug-likeness (QED) is 0.123. The Hall–Kier alpha value is 0.960. The monoisotopic (exact) mass is 4510 g/mol. The van der Waals surface area contributed by atoms with Gasteiger partial charge < -0.3 is 194 Å². The normalized spacial score (nSPS) is 1.51. The molecule has 0 spiro atoms. The summed E-state index contributed by atoms with van der Waals surface area (Å²) in [5.41, 5.74) is 0. The predicted molar refractivity (Wildman–Crippen MR) is 359 cm³/mol. The summed E-state index contributed by atoms with van der Waals surface area (Å²) in [7, 11) is 0. The molecule has 0 fully saturated rings. The van der Waals surface area contributed by atoms with Crippen molar-refractivity contribution in [1.29, 1.82) is 0 Å². The average molecular weight is 4490 g/mol. The van der Waals surface area contributed by atoms with Crippen molar-refractivity contribution in [3.8, 4) is 0 Å². The molecule has 0 aliphatic rings. The van der Waals surface area contributed by atoms with Gasteiger partial charge in [0.25, 0.3) is 0 Å². The zero-order valence-corrected chi connectivity index (χ0v) is 100. The molecule has 0 saturated carbocycles. The zero-order valence-electron chi connectivity index (χ0n) is 50.4. The van der Waals surface area contributed by atoms with Gasteiger partial charge in [-0.05, 0) is 0 Å². The fraction of sp³-hybridized carbons (Fsp3) is 0. The molecule has 8 radical (unpaired) electrons. The van der Waals surface area contributed by atoms with E-state index < -0.39 is 0 Å². The van der Waals surface area contributed by atoms with E-state index >= 15 is 0 Å². The molecule has 0 bridgehead atoms. The molecule has 0 rings (SSSR count). The van der Waals surface area contributed by atoms with E-state index in [4.69, 9.17) is 187 Å². The molecule has 660 valence electrons. The van der Waals surface area contributed by atoms with Gasteiger partial charge in [-0.3, -0.25) is 265 Å². The van der Waals surface area contributed by atoms with Gasteiger partial charge in [0.1, 0.15) is 0 Å². The Morgan fingerprint density at radius 2 is 0.0680 bits per heavy atom. The predicted octanol–water partition coefficient (Wildman–Crippen LogP) is -9.81. The van der Waals surface area contributed by atoms with E-state index in [9.17, 15) is 0 Å². The minimum absolute atomic E-state index is 0. The molecule has 0 aromatic rings. The van der Waals surface area contributed by atoms with Crippen LogP contribution in [0.15, 0.2) is 0 Å². The molecule has 0 saturated heterocycles. The van der Waals surface area contributed by atoms with E-state index in [2.05, 4.69) is 265 Å². The third kappa shape index (κ3) is 1140000. The molecule has 0 aliphatic heterocycles. The summed E-state index contributed by atoms with van der Waals surface area (Å²) in [6, 6.07) is 0. The van der Waals surface area contributed by atoms with Crippen molar-refractivity contribution in [2.24, 2.45) is 0 Å². The second-order valence-corrected chi connectivity index (χ2v) is 0. The minimum Gasteiger partial charge on any atom is -0.545 e. The molecule has 0 aromatic carbocycles. The van der Waals surface area contributed by atoms with Crippen molar-refractivity contribution in [3.63, 3.8) is 0 Å². The molecule has 103 heavy (non-hydrogen) atoms. The molecular formula is C40H66Ir16O39P8-16. The molecule has 0 heterocycles. The number of rotatable bonds is 0. The summed E-state index contributed by atoms with van der Waals surface area (Å²) >= 11 is 0. The topological polar surface area (TPSA) is 666 Å². The Morgan fingerprint density at radius 3 is 0.0680 bits per heavy atom. The number of hydrogen-bond donors (Lipinski definition) is 0. The largest absolute Gasteiger partial charge is 3.00 e. The first kappa shape index (κ1) is 690. The van der Waals surface area contributed by atoms with Gasteiger partial charge in [0.15, 0.2) is 0 Å². The molecule has 8 unspecified atom stereocenters. The van der Waals surface area contributed by atoms with Gasteiger partial charge in [0, 0.05) is 161 Å². The summed E-state index contributed by atoms with van der Waals surface area (Å²) in [5, 5.41) is 0. The van der Waals surface area contributed by atoms with Gasteiger partial charge in [-0.1, -0.05) is 0 Å². The van der Waals surface area contributed by atoms with Crippen LogP contribution in [0.4, 0.5) is 0 Å². The molecule has 39 nitrogen and oxygen atoms in total. The van der Waals surface area contributed by atoms with Crippen molar-refractivity contribution in [3.05, 3.63) is 7.43 Å². The van der Waals surface area contributed by atoms with Crippen LogP contribution in [0.2, 0.25) is 0 Å². The Labute approximate surface area is 848 Å². The standard InChI is InChI=1S/39CHO.CH3.16Ir.8H3P/c39*1-2;;;;;;;;;;;;;;;;;;;;;;;;;/h39*1H;1H3;;;;;;;;;;;;;;;;;8*1H3/q40*-1;;;;;;;;;8*+3;;;;;;;;. The van der Waals surface area contributed by atoms with Crippen molar-refractivity contribution >= 4 is 344 Å². The average Bonchev–Trinajstić information content (AvgIpc) is 3.69. The zero-order chi connectivity index (χ0) is 78.0. The van der Waals surface area contributed by atoms with E-state index in [1.165, 1.54) is 0 Å². The van der Waals surface area contributed by atoms with Gasteiger partial charge in [-0.15, -0.1) is 0 Å². The Bertz CT molecular complexity index is 388. The van der Waals surface area contributed by atoms with Gasteiger partial charge in [-0.25, -0.2) is 0 Å². The molecule has 0 amide bonds. The van der Waals surface area contributed by atoms with Crippen LogP contribution in [-0.4, -0.2) is 265 Å². The van der Waals surface area contributed by atoms with Crippen LogP contribution in [0.5, 0.6) is 0 Å². The summed E-state index contributed by atoms with van der Waals surface area (Å²) in [6.07, 6.45) is 0. The first-order chi connectivity index (χ1) is 39.0. The first-order valence-electron chi connectivity index (χ1n) is 9.19. The summed E-state index contributed by atoms with van der Waals surface area (Å²) in [4.78, 5) is 302. The van der Waals surface area contributed by atoms with Crippen molar-refractivity contribution in [2.45, 2.75) is 0 Å². The fourth-order valence-corrected chi connectivity index (χ4v) is 0. The van der Waals surface area contributed by atoms with Gasteiger partial charge >= 0.3 is 161 Å². The Balaban J connectivity index is -0.00000000243. The smallest absolute Gasteiger partial charge is 0.545 e. The third-order valence-corrected chi connectivity index (χ3v) is 0. The van der Waals surface area contributed by atoms with Crippen LogP contribution in [0, 0.1) is 7.43 Å². The third-order valence-electron chi connectivity index (χ3n) is 0. The maximum Gasteiger partial charge on any atom is 3.00 e. The van der Waals surface area contributed by atoms with E-state index in [0.717, 1.165) is 0 Å². The van der Waals surface area contributed by atoms with E-state index in [-0.39, 0.29) is 408 Å². The second-order valence-electron chi connectivity index (χ2n) is 0. The van der Waals surface area contributed by atoms with E-state index in [0.29, 0.717) is 0 Å². The van der Waals surface area contributed by atoms with Crippen LogP contribution in [0.3, 0.4) is 0 Å². The molecule has 63 heteroatoms. The number of hydrogen-bond acceptors (Lipinski definition) is 39.